The molecule has 0 aliphatic rings. The normalized spacial score (nSPS) is 12.9. The Morgan fingerprint density at radius 1 is 1.22 bits per heavy atom. The van der Waals surface area contributed by atoms with Crippen molar-refractivity contribution in [3.05, 3.63) is 36.0 Å². The quantitative estimate of drug-likeness (QED) is 0.775. The van der Waals surface area contributed by atoms with Crippen LogP contribution in [-0.4, -0.2) is 17.6 Å². The Morgan fingerprint density at radius 3 is 2.56 bits per heavy atom. The van der Waals surface area contributed by atoms with Crippen molar-refractivity contribution >= 4 is 16.9 Å². The lowest BCUT2D eigenvalue weighted by molar-refractivity contribution is -0.143. The summed E-state index contributed by atoms with van der Waals surface area (Å²) in [4.78, 5) is 11.6. The number of methoxy groups -OCH3 is 1. The van der Waals surface area contributed by atoms with Crippen LogP contribution in [0.5, 0.6) is 0 Å². The van der Waals surface area contributed by atoms with E-state index in [1.54, 1.807) is 0 Å². The molecule has 0 saturated carbocycles. The van der Waals surface area contributed by atoms with E-state index in [1.807, 2.05) is 23.8 Å². The molecule has 96 valence electrons. The molecule has 0 radical (unpaired) electrons. The van der Waals surface area contributed by atoms with E-state index in [-0.39, 0.29) is 12.0 Å². The van der Waals surface area contributed by atoms with Crippen molar-refractivity contribution in [2.75, 3.05) is 7.11 Å². The van der Waals surface area contributed by atoms with Gasteiger partial charge in [0.25, 0.3) is 0 Å². The number of nitrogens with zero attached hydrogens (tertiary/aromatic N) is 1. The molecule has 0 N–H and O–H groups in total. The third-order valence-electron chi connectivity index (χ3n) is 3.37. The van der Waals surface area contributed by atoms with Gasteiger partial charge in [0.15, 0.2) is 0 Å². The first kappa shape index (κ1) is 12.7. The molecule has 1 unspecified atom stereocenters. The number of aromatic nitrogens is 1. The van der Waals surface area contributed by atoms with Crippen molar-refractivity contribution in [1.29, 1.82) is 0 Å². The molecule has 0 spiro atoms. The van der Waals surface area contributed by atoms with E-state index in [4.69, 9.17) is 4.74 Å². The van der Waals surface area contributed by atoms with Crippen LogP contribution in [0.1, 0.15) is 38.3 Å². The number of carbonyl (C=O) groups excluding carboxylic acids is 1. The molecule has 3 nitrogen and oxygen atoms in total. The lowest BCUT2D eigenvalue weighted by atomic mass is 10.0. The first-order valence-corrected chi connectivity index (χ1v) is 6.23. The first-order valence-electron chi connectivity index (χ1n) is 6.23. The topological polar surface area (TPSA) is 31.2 Å². The Kier molecular flexibility index (Phi) is 3.41. The van der Waals surface area contributed by atoms with E-state index in [0.717, 1.165) is 10.9 Å². The summed E-state index contributed by atoms with van der Waals surface area (Å²) in [6, 6.07) is 8.12. The lowest BCUT2D eigenvalue weighted by Crippen LogP contribution is -2.16. The van der Waals surface area contributed by atoms with Crippen molar-refractivity contribution in [3.63, 3.8) is 0 Å². The number of fused-ring (bicyclic) bond motifs is 1. The van der Waals surface area contributed by atoms with Crippen LogP contribution in [0.2, 0.25) is 0 Å². The summed E-state index contributed by atoms with van der Waals surface area (Å²) in [5.74, 6) is 0.288. The van der Waals surface area contributed by atoms with E-state index >= 15 is 0 Å². The zero-order valence-electron chi connectivity index (χ0n) is 11.3. The molecule has 18 heavy (non-hydrogen) atoms. The molecule has 0 amide bonds. The van der Waals surface area contributed by atoms with Gasteiger partial charge in [-0.05, 0) is 42.0 Å². The van der Waals surface area contributed by atoms with Gasteiger partial charge in [-0.3, -0.25) is 0 Å². The van der Waals surface area contributed by atoms with Gasteiger partial charge >= 0.3 is 5.97 Å². The van der Waals surface area contributed by atoms with Gasteiger partial charge < -0.3 is 9.30 Å². The Hall–Kier alpha value is -1.77. The van der Waals surface area contributed by atoms with E-state index in [1.165, 1.54) is 12.7 Å². The second-order valence-electron chi connectivity index (χ2n) is 4.90. The number of benzene rings is 1. The average molecular weight is 245 g/mol. The zero-order valence-corrected chi connectivity index (χ0v) is 11.3. The maximum atomic E-state index is 11.6. The SMILES string of the molecule is COC(=O)C(C)n1ccc2cc(C(C)C)ccc21. The molecular weight excluding hydrogens is 226 g/mol. The summed E-state index contributed by atoms with van der Waals surface area (Å²) in [6.07, 6.45) is 1.94. The molecule has 0 aliphatic carbocycles. The second-order valence-corrected chi connectivity index (χ2v) is 4.90. The molecule has 0 saturated heterocycles. The third-order valence-corrected chi connectivity index (χ3v) is 3.37. The van der Waals surface area contributed by atoms with Gasteiger partial charge in [0.05, 0.1) is 7.11 Å². The zero-order chi connectivity index (χ0) is 13.3. The molecule has 1 aromatic carbocycles. The highest BCUT2D eigenvalue weighted by Crippen LogP contribution is 2.25. The molecule has 0 bridgehead atoms. The van der Waals surface area contributed by atoms with E-state index in [0.29, 0.717) is 5.92 Å². The fraction of sp³-hybridized carbons (Fsp3) is 0.400. The minimum absolute atomic E-state index is 0.222. The first-order chi connectivity index (χ1) is 8.54. The number of ether oxygens (including phenoxy) is 1. The Balaban J connectivity index is 2.46. The Morgan fingerprint density at radius 2 is 1.94 bits per heavy atom. The van der Waals surface area contributed by atoms with Crippen LogP contribution < -0.4 is 0 Å². The predicted molar refractivity (Wildman–Crippen MR) is 72.8 cm³/mol. The summed E-state index contributed by atoms with van der Waals surface area (Å²) in [6.45, 7) is 6.20. The van der Waals surface area contributed by atoms with Crippen molar-refractivity contribution in [1.82, 2.24) is 4.57 Å². The molecule has 2 aromatic rings. The molecule has 3 heteroatoms. The molecule has 0 aliphatic heterocycles. The highest BCUT2D eigenvalue weighted by Gasteiger charge is 2.16. The van der Waals surface area contributed by atoms with Crippen LogP contribution in [0.4, 0.5) is 0 Å². The van der Waals surface area contributed by atoms with Gasteiger partial charge in [0, 0.05) is 11.7 Å². The van der Waals surface area contributed by atoms with Crippen LogP contribution >= 0.6 is 0 Å². The Bertz CT molecular complexity index is 569. The number of hydrogen-bond donors (Lipinski definition) is 0. The van der Waals surface area contributed by atoms with Gasteiger partial charge in [-0.1, -0.05) is 19.9 Å². The number of hydrogen-bond acceptors (Lipinski definition) is 2. The second kappa shape index (κ2) is 4.84. The van der Waals surface area contributed by atoms with Gasteiger partial charge in [0.2, 0.25) is 0 Å². The molecular formula is C15H19NO2. The van der Waals surface area contributed by atoms with Crippen molar-refractivity contribution in [2.24, 2.45) is 0 Å². The standard InChI is InChI=1S/C15H19NO2/c1-10(2)12-5-6-14-13(9-12)7-8-16(14)11(3)15(17)18-4/h5-11H,1-4H3. The maximum absolute atomic E-state index is 11.6. The van der Waals surface area contributed by atoms with Gasteiger partial charge in [-0.2, -0.15) is 0 Å². The molecule has 1 heterocycles. The molecule has 1 aromatic heterocycles. The largest absolute Gasteiger partial charge is 0.467 e. The fourth-order valence-electron chi connectivity index (χ4n) is 2.16. The molecule has 2 rings (SSSR count). The van der Waals surface area contributed by atoms with Crippen LogP contribution in [0, 0.1) is 0 Å². The number of esters is 1. The van der Waals surface area contributed by atoms with Crippen LogP contribution in [0.25, 0.3) is 10.9 Å². The van der Waals surface area contributed by atoms with Gasteiger partial charge in [-0.25, -0.2) is 4.79 Å². The predicted octanol–water partition coefficient (Wildman–Crippen LogP) is 3.50. The fourth-order valence-corrected chi connectivity index (χ4v) is 2.16. The highest BCUT2D eigenvalue weighted by molar-refractivity contribution is 5.84. The van der Waals surface area contributed by atoms with Gasteiger partial charge in [0.1, 0.15) is 6.04 Å². The Labute approximate surface area is 107 Å². The van der Waals surface area contributed by atoms with E-state index < -0.39 is 0 Å². The van der Waals surface area contributed by atoms with Crippen LogP contribution in [0.15, 0.2) is 30.5 Å². The number of rotatable bonds is 3. The highest BCUT2D eigenvalue weighted by atomic mass is 16.5. The monoisotopic (exact) mass is 245 g/mol. The molecule has 0 fully saturated rings. The summed E-state index contributed by atoms with van der Waals surface area (Å²) >= 11 is 0. The van der Waals surface area contributed by atoms with Crippen molar-refractivity contribution in [2.45, 2.75) is 32.7 Å². The summed E-state index contributed by atoms with van der Waals surface area (Å²) in [5, 5.41) is 1.16. The minimum Gasteiger partial charge on any atom is -0.467 e. The van der Waals surface area contributed by atoms with Crippen LogP contribution in [0.3, 0.4) is 0 Å². The van der Waals surface area contributed by atoms with Crippen molar-refractivity contribution < 1.29 is 9.53 Å². The summed E-state index contributed by atoms with van der Waals surface area (Å²) in [7, 11) is 1.42. The maximum Gasteiger partial charge on any atom is 0.328 e. The third kappa shape index (κ3) is 2.13. The number of carbonyl (C=O) groups is 1. The average Bonchev–Trinajstić information content (AvgIpc) is 2.79. The van der Waals surface area contributed by atoms with E-state index in [2.05, 4.69) is 32.0 Å². The minimum atomic E-state index is -0.294. The van der Waals surface area contributed by atoms with Crippen LogP contribution in [-0.2, 0) is 9.53 Å². The lowest BCUT2D eigenvalue weighted by Gasteiger charge is -2.13. The molecule has 1 atom stereocenters. The summed E-state index contributed by atoms with van der Waals surface area (Å²) < 4.78 is 6.74. The smallest absolute Gasteiger partial charge is 0.328 e. The van der Waals surface area contributed by atoms with Gasteiger partial charge in [-0.15, -0.1) is 0 Å². The summed E-state index contributed by atoms with van der Waals surface area (Å²) in [5.41, 5.74) is 2.38. The van der Waals surface area contributed by atoms with Crippen molar-refractivity contribution in [3.8, 4) is 0 Å². The van der Waals surface area contributed by atoms with E-state index in [9.17, 15) is 4.79 Å².